The zero-order valence-corrected chi connectivity index (χ0v) is 12.3. The maximum atomic E-state index is 14.0. The predicted octanol–water partition coefficient (Wildman–Crippen LogP) is 1.70. The molecule has 1 rings (SSSR count). The van der Waals surface area contributed by atoms with E-state index >= 15 is 0 Å². The second-order valence-electron chi connectivity index (χ2n) is 4.91. The van der Waals surface area contributed by atoms with Crippen LogP contribution < -0.4 is 10.6 Å². The van der Waals surface area contributed by atoms with Crippen LogP contribution in [0.2, 0.25) is 0 Å². The van der Waals surface area contributed by atoms with Gasteiger partial charge in [-0.05, 0) is 32.6 Å². The van der Waals surface area contributed by atoms with E-state index in [0.717, 1.165) is 26.1 Å². The van der Waals surface area contributed by atoms with Gasteiger partial charge in [0, 0.05) is 19.6 Å². The number of nitrogens with two attached hydrogens (primary N) is 1. The average Bonchev–Trinajstić information content (AvgIpc) is 2.42. The van der Waals surface area contributed by atoms with Gasteiger partial charge in [0.15, 0.2) is 5.84 Å². The average molecular weight is 282 g/mol. The van der Waals surface area contributed by atoms with Crippen LogP contribution >= 0.6 is 0 Å². The molecule has 0 aliphatic heterocycles. The Balaban J connectivity index is 3.15. The van der Waals surface area contributed by atoms with E-state index in [0.29, 0.717) is 5.69 Å². The molecule has 0 unspecified atom stereocenters. The molecule has 0 spiro atoms. The Kier molecular flexibility index (Phi) is 6.24. The molecule has 5 nitrogen and oxygen atoms in total. The van der Waals surface area contributed by atoms with Gasteiger partial charge in [-0.25, -0.2) is 4.39 Å². The minimum atomic E-state index is -0.483. The molecule has 0 heterocycles. The van der Waals surface area contributed by atoms with Crippen LogP contribution in [-0.2, 0) is 0 Å². The lowest BCUT2D eigenvalue weighted by Gasteiger charge is -2.28. The molecule has 0 amide bonds. The maximum absolute atomic E-state index is 14.0. The highest BCUT2D eigenvalue weighted by Crippen LogP contribution is 2.23. The van der Waals surface area contributed by atoms with E-state index < -0.39 is 5.82 Å². The van der Waals surface area contributed by atoms with Crippen molar-refractivity contribution >= 4 is 11.5 Å². The van der Waals surface area contributed by atoms with E-state index in [1.165, 1.54) is 6.07 Å². The number of nitrogens with zero attached hydrogens (tertiary/aromatic N) is 3. The lowest BCUT2D eigenvalue weighted by molar-refractivity contribution is 0.318. The lowest BCUT2D eigenvalue weighted by Crippen LogP contribution is -2.34. The molecular weight excluding hydrogens is 259 g/mol. The molecule has 1 aromatic carbocycles. The molecule has 0 aliphatic rings. The van der Waals surface area contributed by atoms with Gasteiger partial charge in [0.2, 0.25) is 0 Å². The molecule has 0 radical (unpaired) electrons. The fourth-order valence-electron chi connectivity index (χ4n) is 2.02. The number of amidine groups is 1. The number of halogens is 1. The smallest absolute Gasteiger partial charge is 0.175 e. The van der Waals surface area contributed by atoms with Gasteiger partial charge in [-0.2, -0.15) is 0 Å². The molecule has 0 atom stereocenters. The molecule has 0 saturated carbocycles. The second kappa shape index (κ2) is 7.69. The number of anilines is 1. The molecule has 112 valence electrons. The second-order valence-corrected chi connectivity index (χ2v) is 4.91. The summed E-state index contributed by atoms with van der Waals surface area (Å²) < 4.78 is 14.0. The molecule has 0 aliphatic carbocycles. The Bertz CT molecular complexity index is 462. The van der Waals surface area contributed by atoms with E-state index in [1.807, 2.05) is 14.1 Å². The fourth-order valence-corrected chi connectivity index (χ4v) is 2.02. The highest BCUT2D eigenvalue weighted by Gasteiger charge is 2.17. The highest BCUT2D eigenvalue weighted by molar-refractivity contribution is 6.02. The monoisotopic (exact) mass is 282 g/mol. The van der Waals surface area contributed by atoms with Gasteiger partial charge in [-0.15, -0.1) is 0 Å². The van der Waals surface area contributed by atoms with Crippen molar-refractivity contribution in [2.75, 3.05) is 38.6 Å². The Morgan fingerprint density at radius 3 is 2.55 bits per heavy atom. The number of benzene rings is 1. The van der Waals surface area contributed by atoms with E-state index in [9.17, 15) is 4.39 Å². The van der Waals surface area contributed by atoms with Crippen LogP contribution in [0.1, 0.15) is 18.9 Å². The Morgan fingerprint density at radius 2 is 2.00 bits per heavy atom. The first-order valence-electron chi connectivity index (χ1n) is 6.67. The summed E-state index contributed by atoms with van der Waals surface area (Å²) in [5.41, 5.74) is 6.42. The van der Waals surface area contributed by atoms with Crippen LogP contribution in [-0.4, -0.2) is 49.7 Å². The summed E-state index contributed by atoms with van der Waals surface area (Å²) in [7, 11) is 3.97. The lowest BCUT2D eigenvalue weighted by atomic mass is 10.1. The van der Waals surface area contributed by atoms with Crippen LogP contribution in [0.25, 0.3) is 0 Å². The molecule has 1 aromatic rings. The molecule has 6 heteroatoms. The minimum absolute atomic E-state index is 0.155. The van der Waals surface area contributed by atoms with Gasteiger partial charge in [0.05, 0.1) is 11.3 Å². The van der Waals surface area contributed by atoms with Crippen LogP contribution in [0.5, 0.6) is 0 Å². The molecule has 0 bridgehead atoms. The predicted molar refractivity (Wildman–Crippen MR) is 80.0 cm³/mol. The number of rotatable bonds is 7. The normalized spacial score (nSPS) is 11.9. The maximum Gasteiger partial charge on any atom is 0.175 e. The van der Waals surface area contributed by atoms with Gasteiger partial charge in [-0.1, -0.05) is 18.1 Å². The van der Waals surface area contributed by atoms with E-state index in [2.05, 4.69) is 21.9 Å². The van der Waals surface area contributed by atoms with Crippen LogP contribution in [0, 0.1) is 5.82 Å². The van der Waals surface area contributed by atoms with Crippen molar-refractivity contribution in [1.82, 2.24) is 4.90 Å². The molecular formula is C14H23FN4O. The zero-order chi connectivity index (χ0) is 15.1. The van der Waals surface area contributed by atoms with E-state index in [-0.39, 0.29) is 11.4 Å². The number of oxime groups is 1. The van der Waals surface area contributed by atoms with Crippen LogP contribution in [0.4, 0.5) is 10.1 Å². The standard InChI is InChI=1S/C14H23FN4O/c1-4-8-19(10-9-18(2)3)12-7-5-6-11(15)13(12)14(16)17-20/h5-7,20H,4,8-10H2,1-3H3,(H2,16,17). The van der Waals surface area contributed by atoms with Gasteiger partial charge < -0.3 is 20.7 Å². The van der Waals surface area contributed by atoms with Crippen LogP contribution in [0.15, 0.2) is 23.4 Å². The Hall–Kier alpha value is -1.82. The quantitative estimate of drug-likeness (QED) is 0.346. The van der Waals surface area contributed by atoms with Crippen molar-refractivity contribution in [3.05, 3.63) is 29.6 Å². The van der Waals surface area contributed by atoms with Crippen molar-refractivity contribution in [3.63, 3.8) is 0 Å². The van der Waals surface area contributed by atoms with Crippen molar-refractivity contribution in [3.8, 4) is 0 Å². The van der Waals surface area contributed by atoms with Gasteiger partial charge in [-0.3, -0.25) is 0 Å². The minimum Gasteiger partial charge on any atom is -0.409 e. The van der Waals surface area contributed by atoms with Gasteiger partial charge >= 0.3 is 0 Å². The first-order valence-corrected chi connectivity index (χ1v) is 6.67. The summed E-state index contributed by atoms with van der Waals surface area (Å²) in [4.78, 5) is 4.11. The molecule has 3 N–H and O–H groups in total. The largest absolute Gasteiger partial charge is 0.409 e. The van der Waals surface area contributed by atoms with Crippen LogP contribution in [0.3, 0.4) is 0 Å². The highest BCUT2D eigenvalue weighted by atomic mass is 19.1. The Morgan fingerprint density at radius 1 is 1.30 bits per heavy atom. The fraction of sp³-hybridized carbons (Fsp3) is 0.500. The summed E-state index contributed by atoms with van der Waals surface area (Å²) in [5, 5.41) is 11.8. The topological polar surface area (TPSA) is 65.1 Å². The summed E-state index contributed by atoms with van der Waals surface area (Å²) in [6.07, 6.45) is 0.930. The number of hydrogen-bond donors (Lipinski definition) is 2. The number of hydrogen-bond acceptors (Lipinski definition) is 4. The van der Waals surface area contributed by atoms with E-state index in [1.54, 1.807) is 12.1 Å². The summed E-state index contributed by atoms with van der Waals surface area (Å²) in [6, 6.07) is 4.74. The van der Waals surface area contributed by atoms with Crippen molar-refractivity contribution in [2.45, 2.75) is 13.3 Å². The third-order valence-electron chi connectivity index (χ3n) is 3.01. The van der Waals surface area contributed by atoms with Crippen molar-refractivity contribution in [2.24, 2.45) is 10.9 Å². The molecule has 20 heavy (non-hydrogen) atoms. The summed E-state index contributed by atoms with van der Waals surface area (Å²) in [6.45, 7) is 4.43. The van der Waals surface area contributed by atoms with Crippen molar-refractivity contribution in [1.29, 1.82) is 0 Å². The molecule has 0 aromatic heterocycles. The van der Waals surface area contributed by atoms with E-state index in [4.69, 9.17) is 10.9 Å². The molecule has 0 saturated heterocycles. The zero-order valence-electron chi connectivity index (χ0n) is 12.3. The van der Waals surface area contributed by atoms with Crippen molar-refractivity contribution < 1.29 is 9.60 Å². The summed E-state index contributed by atoms with van der Waals surface area (Å²) >= 11 is 0. The third kappa shape index (κ3) is 4.09. The number of likely N-dealkylation sites (N-methyl/N-ethyl adjacent to an activating group) is 1. The SMILES string of the molecule is CCCN(CCN(C)C)c1cccc(F)c1C(N)=NO. The van der Waals surface area contributed by atoms with Gasteiger partial charge in [0.25, 0.3) is 0 Å². The third-order valence-corrected chi connectivity index (χ3v) is 3.01. The Labute approximate surface area is 119 Å². The first kappa shape index (κ1) is 16.2. The molecule has 0 fully saturated rings. The first-order chi connectivity index (χ1) is 9.51. The van der Waals surface area contributed by atoms with Gasteiger partial charge in [0.1, 0.15) is 5.82 Å². The summed E-state index contributed by atoms with van der Waals surface area (Å²) in [5.74, 6) is -0.687.